The Hall–Kier alpha value is -2.92. The molecule has 0 spiro atoms. The van der Waals surface area contributed by atoms with Crippen LogP contribution >= 0.6 is 11.6 Å². The topological polar surface area (TPSA) is 49.3 Å². The SMILES string of the molecule is CN(C)c1nc(-c2ccccc2)nc2c1CN(C(=O)c1ccc(Cl)cc1)CC2. The molecule has 3 aromatic rings. The molecule has 0 saturated heterocycles. The number of amides is 1. The van der Waals surface area contributed by atoms with E-state index in [1.54, 1.807) is 24.3 Å². The lowest BCUT2D eigenvalue weighted by Crippen LogP contribution is -2.37. The standard InChI is InChI=1S/C22H21ClN4O/c1-26(2)21-18-14-27(22(28)16-8-10-17(23)11-9-16)13-12-19(18)24-20(25-21)15-6-4-3-5-7-15/h3-11H,12-14H2,1-2H3. The van der Waals surface area contributed by atoms with Crippen LogP contribution in [0, 0.1) is 0 Å². The summed E-state index contributed by atoms with van der Waals surface area (Å²) in [5.41, 5.74) is 3.66. The molecule has 2 heterocycles. The molecule has 1 amide bonds. The third-order valence-electron chi connectivity index (χ3n) is 4.87. The van der Waals surface area contributed by atoms with Crippen molar-refractivity contribution in [3.63, 3.8) is 0 Å². The Kier molecular flexibility index (Phi) is 5.01. The summed E-state index contributed by atoms with van der Waals surface area (Å²) in [7, 11) is 3.94. The molecule has 1 aliphatic rings. The van der Waals surface area contributed by atoms with Crippen molar-refractivity contribution in [2.75, 3.05) is 25.5 Å². The third kappa shape index (κ3) is 3.58. The smallest absolute Gasteiger partial charge is 0.254 e. The first kappa shape index (κ1) is 18.4. The normalized spacial score (nSPS) is 13.2. The van der Waals surface area contributed by atoms with Crippen molar-refractivity contribution in [3.8, 4) is 11.4 Å². The van der Waals surface area contributed by atoms with Gasteiger partial charge in [-0.1, -0.05) is 41.9 Å². The highest BCUT2D eigenvalue weighted by Crippen LogP contribution is 2.29. The number of carbonyl (C=O) groups excluding carboxylic acids is 1. The fourth-order valence-corrected chi connectivity index (χ4v) is 3.56. The Morgan fingerprint density at radius 1 is 1.04 bits per heavy atom. The van der Waals surface area contributed by atoms with Crippen LogP contribution < -0.4 is 4.90 Å². The molecule has 2 aromatic carbocycles. The van der Waals surface area contributed by atoms with Gasteiger partial charge in [-0.25, -0.2) is 9.97 Å². The molecule has 28 heavy (non-hydrogen) atoms. The van der Waals surface area contributed by atoms with Gasteiger partial charge in [-0.15, -0.1) is 0 Å². The van der Waals surface area contributed by atoms with Crippen LogP contribution in [-0.2, 0) is 13.0 Å². The van der Waals surface area contributed by atoms with Crippen molar-refractivity contribution in [1.82, 2.24) is 14.9 Å². The Morgan fingerprint density at radius 3 is 2.43 bits per heavy atom. The molecule has 0 atom stereocenters. The number of carbonyl (C=O) groups is 1. The van der Waals surface area contributed by atoms with E-state index in [1.165, 1.54) is 0 Å². The molecule has 4 rings (SSSR count). The minimum atomic E-state index is -0.000779. The summed E-state index contributed by atoms with van der Waals surface area (Å²) < 4.78 is 0. The van der Waals surface area contributed by atoms with Crippen molar-refractivity contribution in [3.05, 3.63) is 76.4 Å². The summed E-state index contributed by atoms with van der Waals surface area (Å²) in [6, 6.07) is 17.0. The Morgan fingerprint density at radius 2 is 1.75 bits per heavy atom. The van der Waals surface area contributed by atoms with Crippen LogP contribution in [0.1, 0.15) is 21.6 Å². The number of halogens is 1. The molecule has 0 bridgehead atoms. The van der Waals surface area contributed by atoms with E-state index in [0.29, 0.717) is 30.1 Å². The lowest BCUT2D eigenvalue weighted by molar-refractivity contribution is 0.0733. The van der Waals surface area contributed by atoms with Crippen LogP contribution in [0.15, 0.2) is 54.6 Å². The number of hydrogen-bond donors (Lipinski definition) is 0. The third-order valence-corrected chi connectivity index (χ3v) is 5.12. The fraction of sp³-hybridized carbons (Fsp3) is 0.227. The molecular weight excluding hydrogens is 372 g/mol. The molecule has 1 aromatic heterocycles. The van der Waals surface area contributed by atoms with Crippen molar-refractivity contribution in [2.45, 2.75) is 13.0 Å². The van der Waals surface area contributed by atoms with Gasteiger partial charge in [0.25, 0.3) is 5.91 Å². The number of hydrogen-bond acceptors (Lipinski definition) is 4. The number of aromatic nitrogens is 2. The van der Waals surface area contributed by atoms with Gasteiger partial charge < -0.3 is 9.80 Å². The van der Waals surface area contributed by atoms with Gasteiger partial charge in [0.15, 0.2) is 5.82 Å². The van der Waals surface area contributed by atoms with E-state index < -0.39 is 0 Å². The average Bonchev–Trinajstić information content (AvgIpc) is 2.73. The predicted molar refractivity (Wildman–Crippen MR) is 112 cm³/mol. The van der Waals surface area contributed by atoms with E-state index in [-0.39, 0.29) is 5.91 Å². The van der Waals surface area contributed by atoms with Gasteiger partial charge in [-0.3, -0.25) is 4.79 Å². The summed E-state index contributed by atoms with van der Waals surface area (Å²) in [6.45, 7) is 1.13. The zero-order valence-electron chi connectivity index (χ0n) is 15.9. The second-order valence-corrected chi connectivity index (χ2v) is 7.48. The Bertz CT molecular complexity index is 1000. The van der Waals surface area contributed by atoms with E-state index in [1.807, 2.05) is 54.2 Å². The molecule has 0 N–H and O–H groups in total. The molecule has 142 valence electrons. The van der Waals surface area contributed by atoms with Crippen LogP contribution in [0.5, 0.6) is 0 Å². The highest BCUT2D eigenvalue weighted by molar-refractivity contribution is 6.30. The molecule has 0 saturated carbocycles. The maximum Gasteiger partial charge on any atom is 0.254 e. The highest BCUT2D eigenvalue weighted by atomic mass is 35.5. The average molecular weight is 393 g/mol. The maximum absolute atomic E-state index is 12.9. The largest absolute Gasteiger partial charge is 0.362 e. The molecule has 5 nitrogen and oxygen atoms in total. The second-order valence-electron chi connectivity index (χ2n) is 7.04. The predicted octanol–water partition coefficient (Wildman–Crippen LogP) is 4.06. The van der Waals surface area contributed by atoms with E-state index >= 15 is 0 Å². The summed E-state index contributed by atoms with van der Waals surface area (Å²) in [5, 5.41) is 0.622. The van der Waals surface area contributed by atoms with Gasteiger partial charge in [0.05, 0.1) is 12.2 Å². The first-order chi connectivity index (χ1) is 13.5. The van der Waals surface area contributed by atoms with Crippen molar-refractivity contribution >= 4 is 23.3 Å². The van der Waals surface area contributed by atoms with Crippen LogP contribution in [-0.4, -0.2) is 41.4 Å². The van der Waals surface area contributed by atoms with E-state index in [9.17, 15) is 4.79 Å². The Labute approximate surface area is 169 Å². The molecule has 1 aliphatic heterocycles. The number of rotatable bonds is 3. The molecule has 0 radical (unpaired) electrons. The number of fused-ring (bicyclic) bond motifs is 1. The molecular formula is C22H21ClN4O. The summed E-state index contributed by atoms with van der Waals surface area (Å²) >= 11 is 5.94. The highest BCUT2D eigenvalue weighted by Gasteiger charge is 2.27. The van der Waals surface area contributed by atoms with Crippen LogP contribution in [0.2, 0.25) is 5.02 Å². The molecule has 0 fully saturated rings. The van der Waals surface area contributed by atoms with Gasteiger partial charge in [0, 0.05) is 48.8 Å². The van der Waals surface area contributed by atoms with Crippen molar-refractivity contribution in [1.29, 1.82) is 0 Å². The van der Waals surface area contributed by atoms with Gasteiger partial charge in [-0.05, 0) is 24.3 Å². The van der Waals surface area contributed by atoms with Crippen LogP contribution in [0.3, 0.4) is 0 Å². The Balaban J connectivity index is 1.68. The van der Waals surface area contributed by atoms with E-state index in [4.69, 9.17) is 21.6 Å². The zero-order chi connectivity index (χ0) is 19.7. The summed E-state index contributed by atoms with van der Waals surface area (Å²) in [6.07, 6.45) is 0.706. The van der Waals surface area contributed by atoms with Crippen LogP contribution in [0.4, 0.5) is 5.82 Å². The lowest BCUT2D eigenvalue weighted by atomic mass is 10.0. The number of anilines is 1. The number of benzene rings is 2. The molecule has 6 heteroatoms. The lowest BCUT2D eigenvalue weighted by Gasteiger charge is -2.31. The monoisotopic (exact) mass is 392 g/mol. The van der Waals surface area contributed by atoms with E-state index in [0.717, 1.165) is 28.5 Å². The maximum atomic E-state index is 12.9. The van der Waals surface area contributed by atoms with Crippen LogP contribution in [0.25, 0.3) is 11.4 Å². The van der Waals surface area contributed by atoms with Gasteiger partial charge in [0.1, 0.15) is 5.82 Å². The minimum absolute atomic E-state index is 0.000779. The molecule has 0 unspecified atom stereocenters. The van der Waals surface area contributed by atoms with E-state index in [2.05, 4.69) is 0 Å². The number of nitrogens with zero attached hydrogens (tertiary/aromatic N) is 4. The summed E-state index contributed by atoms with van der Waals surface area (Å²) in [5.74, 6) is 1.58. The summed E-state index contributed by atoms with van der Waals surface area (Å²) in [4.78, 5) is 26.4. The zero-order valence-corrected chi connectivity index (χ0v) is 16.6. The second kappa shape index (κ2) is 7.60. The van der Waals surface area contributed by atoms with Gasteiger partial charge >= 0.3 is 0 Å². The quantitative estimate of drug-likeness (QED) is 0.674. The van der Waals surface area contributed by atoms with Gasteiger partial charge in [-0.2, -0.15) is 0 Å². The first-order valence-corrected chi connectivity index (χ1v) is 9.58. The van der Waals surface area contributed by atoms with Crippen molar-refractivity contribution < 1.29 is 4.79 Å². The molecule has 0 aliphatic carbocycles. The minimum Gasteiger partial charge on any atom is -0.362 e. The first-order valence-electron chi connectivity index (χ1n) is 9.20. The van der Waals surface area contributed by atoms with Crippen molar-refractivity contribution in [2.24, 2.45) is 0 Å². The van der Waals surface area contributed by atoms with Gasteiger partial charge in [0.2, 0.25) is 0 Å². The fourth-order valence-electron chi connectivity index (χ4n) is 3.43.